The second kappa shape index (κ2) is 7.49. The quantitative estimate of drug-likeness (QED) is 0.839. The molecule has 1 aliphatic heterocycles. The van der Waals surface area contributed by atoms with E-state index in [9.17, 15) is 13.2 Å². The van der Waals surface area contributed by atoms with E-state index in [0.717, 1.165) is 19.2 Å². The Balaban J connectivity index is 0.00000220. The summed E-state index contributed by atoms with van der Waals surface area (Å²) >= 11 is 5.71. The average molecular weight is 341 g/mol. The van der Waals surface area contributed by atoms with Crippen molar-refractivity contribution in [2.75, 3.05) is 26.2 Å². The van der Waals surface area contributed by atoms with Gasteiger partial charge in [-0.05, 0) is 17.7 Å². The number of nitrogens with zero attached hydrogens (tertiary/aromatic N) is 1. The van der Waals surface area contributed by atoms with E-state index >= 15 is 0 Å². The van der Waals surface area contributed by atoms with Gasteiger partial charge in [0, 0.05) is 31.2 Å². The zero-order chi connectivity index (χ0) is 14.8. The van der Waals surface area contributed by atoms with Gasteiger partial charge in [-0.2, -0.15) is 13.2 Å². The molecule has 1 fully saturated rings. The smallest absolute Gasteiger partial charge is 0.314 e. The first-order valence-corrected chi connectivity index (χ1v) is 6.75. The first-order valence-electron chi connectivity index (χ1n) is 6.37. The van der Waals surface area contributed by atoms with Crippen LogP contribution in [0.2, 0.25) is 5.02 Å². The molecule has 21 heavy (non-hydrogen) atoms. The van der Waals surface area contributed by atoms with Gasteiger partial charge in [0.05, 0.1) is 11.6 Å². The van der Waals surface area contributed by atoms with Gasteiger partial charge < -0.3 is 5.32 Å². The number of rotatable bonds is 3. The Labute approximate surface area is 133 Å². The highest BCUT2D eigenvalue weighted by molar-refractivity contribution is 6.30. The zero-order valence-corrected chi connectivity index (χ0v) is 12.9. The Bertz CT molecular complexity index is 486. The SMILES string of the molecule is C=C[C@@H](c1ccc(Cl)cc1C(F)(F)F)N1CCNCC1.Cl. The molecule has 2 nitrogen and oxygen atoms in total. The Morgan fingerprint density at radius 1 is 1.29 bits per heavy atom. The molecule has 0 aliphatic carbocycles. The summed E-state index contributed by atoms with van der Waals surface area (Å²) in [5.41, 5.74) is -0.479. The highest BCUT2D eigenvalue weighted by Crippen LogP contribution is 2.38. The normalized spacial score (nSPS) is 17.9. The maximum absolute atomic E-state index is 13.2. The molecule has 0 radical (unpaired) electrons. The standard InChI is InChI=1S/C14H16ClF3N2.ClH/c1-2-13(20-7-5-19-6-8-20)11-4-3-10(15)9-12(11)14(16,17)18;/h2-4,9,13,19H,1,5-8H2;1H/t13-;/m0./s1. The highest BCUT2D eigenvalue weighted by Gasteiger charge is 2.36. The number of halogens is 5. The molecule has 0 saturated carbocycles. The van der Waals surface area contributed by atoms with Crippen LogP contribution in [0.1, 0.15) is 17.2 Å². The topological polar surface area (TPSA) is 15.3 Å². The van der Waals surface area contributed by atoms with Crippen molar-refractivity contribution in [2.24, 2.45) is 0 Å². The number of nitrogens with one attached hydrogen (secondary N) is 1. The van der Waals surface area contributed by atoms with Crippen LogP contribution >= 0.6 is 24.0 Å². The third kappa shape index (κ3) is 4.36. The molecule has 1 aromatic rings. The second-order valence-electron chi connectivity index (χ2n) is 4.70. The lowest BCUT2D eigenvalue weighted by Crippen LogP contribution is -2.45. The van der Waals surface area contributed by atoms with Gasteiger partial charge >= 0.3 is 6.18 Å². The predicted octanol–water partition coefficient (Wildman–Crippen LogP) is 3.91. The van der Waals surface area contributed by atoms with Crippen LogP contribution < -0.4 is 5.32 Å². The fraction of sp³-hybridized carbons (Fsp3) is 0.429. The number of hydrogen-bond donors (Lipinski definition) is 1. The van der Waals surface area contributed by atoms with Crippen LogP contribution in [0.25, 0.3) is 0 Å². The van der Waals surface area contributed by atoms with E-state index in [1.54, 1.807) is 6.08 Å². The van der Waals surface area contributed by atoms with Crippen molar-refractivity contribution in [3.05, 3.63) is 47.0 Å². The van der Waals surface area contributed by atoms with Crippen LogP contribution in [0.5, 0.6) is 0 Å². The van der Waals surface area contributed by atoms with Crippen molar-refractivity contribution in [3.8, 4) is 0 Å². The number of piperazine rings is 1. The second-order valence-corrected chi connectivity index (χ2v) is 5.13. The fourth-order valence-corrected chi connectivity index (χ4v) is 2.64. The predicted molar refractivity (Wildman–Crippen MR) is 81.1 cm³/mol. The molecule has 1 heterocycles. The molecule has 0 spiro atoms. The fourth-order valence-electron chi connectivity index (χ4n) is 2.46. The largest absolute Gasteiger partial charge is 0.416 e. The minimum absolute atomic E-state index is 0. The van der Waals surface area contributed by atoms with Gasteiger partial charge in [0.2, 0.25) is 0 Å². The average Bonchev–Trinajstić information content (AvgIpc) is 2.41. The van der Waals surface area contributed by atoms with Crippen LogP contribution in [-0.2, 0) is 6.18 Å². The van der Waals surface area contributed by atoms with Crippen molar-refractivity contribution in [1.29, 1.82) is 0 Å². The summed E-state index contributed by atoms with van der Waals surface area (Å²) in [4.78, 5) is 1.99. The van der Waals surface area contributed by atoms with E-state index in [1.165, 1.54) is 12.1 Å². The van der Waals surface area contributed by atoms with E-state index in [0.29, 0.717) is 13.1 Å². The van der Waals surface area contributed by atoms with E-state index < -0.39 is 17.8 Å². The van der Waals surface area contributed by atoms with Crippen molar-refractivity contribution >= 4 is 24.0 Å². The third-order valence-electron chi connectivity index (χ3n) is 3.41. The maximum atomic E-state index is 13.2. The van der Waals surface area contributed by atoms with Crippen molar-refractivity contribution in [2.45, 2.75) is 12.2 Å². The van der Waals surface area contributed by atoms with Gasteiger partial charge in [0.1, 0.15) is 0 Å². The molecule has 0 bridgehead atoms. The van der Waals surface area contributed by atoms with Gasteiger partial charge in [-0.3, -0.25) is 4.90 Å². The Hall–Kier alpha value is -0.750. The molecule has 1 aromatic carbocycles. The molecule has 1 aliphatic rings. The monoisotopic (exact) mass is 340 g/mol. The maximum Gasteiger partial charge on any atom is 0.416 e. The number of alkyl halides is 3. The van der Waals surface area contributed by atoms with Gasteiger partial charge in [0.15, 0.2) is 0 Å². The van der Waals surface area contributed by atoms with Crippen molar-refractivity contribution in [1.82, 2.24) is 10.2 Å². The Morgan fingerprint density at radius 3 is 2.43 bits per heavy atom. The van der Waals surface area contributed by atoms with E-state index in [-0.39, 0.29) is 23.0 Å². The lowest BCUT2D eigenvalue weighted by Gasteiger charge is -2.34. The van der Waals surface area contributed by atoms with Crippen molar-refractivity contribution < 1.29 is 13.2 Å². The summed E-state index contributed by atoms with van der Waals surface area (Å²) in [6.07, 6.45) is -2.86. The summed E-state index contributed by atoms with van der Waals surface area (Å²) in [7, 11) is 0. The lowest BCUT2D eigenvalue weighted by molar-refractivity contribution is -0.138. The van der Waals surface area contributed by atoms with Gasteiger partial charge in [-0.15, -0.1) is 19.0 Å². The van der Waals surface area contributed by atoms with Crippen LogP contribution in [0.15, 0.2) is 30.9 Å². The molecule has 0 aromatic heterocycles. The van der Waals surface area contributed by atoms with E-state index in [2.05, 4.69) is 11.9 Å². The van der Waals surface area contributed by atoms with Crippen LogP contribution in [0, 0.1) is 0 Å². The minimum atomic E-state index is -4.42. The number of hydrogen-bond acceptors (Lipinski definition) is 2. The minimum Gasteiger partial charge on any atom is -0.314 e. The molecule has 0 unspecified atom stereocenters. The Morgan fingerprint density at radius 2 is 1.90 bits per heavy atom. The molecule has 7 heteroatoms. The molecule has 0 amide bonds. The zero-order valence-electron chi connectivity index (χ0n) is 11.3. The van der Waals surface area contributed by atoms with Crippen LogP contribution in [0.4, 0.5) is 13.2 Å². The van der Waals surface area contributed by atoms with Crippen molar-refractivity contribution in [3.63, 3.8) is 0 Å². The molecule has 118 valence electrons. The third-order valence-corrected chi connectivity index (χ3v) is 3.64. The molecule has 1 atom stereocenters. The van der Waals surface area contributed by atoms with Gasteiger partial charge in [-0.1, -0.05) is 23.7 Å². The first kappa shape index (κ1) is 18.3. The number of benzene rings is 1. The van der Waals surface area contributed by atoms with Crippen LogP contribution in [0.3, 0.4) is 0 Å². The summed E-state index contributed by atoms with van der Waals surface area (Å²) in [5.74, 6) is 0. The summed E-state index contributed by atoms with van der Waals surface area (Å²) < 4.78 is 39.5. The summed E-state index contributed by atoms with van der Waals surface area (Å²) in [5, 5.41) is 3.27. The van der Waals surface area contributed by atoms with E-state index in [1.807, 2.05) is 4.90 Å². The molecular formula is C14H17Cl2F3N2. The Kier molecular flexibility index (Phi) is 6.53. The summed E-state index contributed by atoms with van der Waals surface area (Å²) in [6, 6.07) is 3.46. The molecule has 1 N–H and O–H groups in total. The van der Waals surface area contributed by atoms with Gasteiger partial charge in [0.25, 0.3) is 0 Å². The molecule has 2 rings (SSSR count). The molecular weight excluding hydrogens is 324 g/mol. The highest BCUT2D eigenvalue weighted by atomic mass is 35.5. The van der Waals surface area contributed by atoms with Crippen LogP contribution in [-0.4, -0.2) is 31.1 Å². The first-order chi connectivity index (χ1) is 9.43. The lowest BCUT2D eigenvalue weighted by atomic mass is 9.98. The molecule has 1 saturated heterocycles. The van der Waals surface area contributed by atoms with E-state index in [4.69, 9.17) is 11.6 Å². The summed E-state index contributed by atoms with van der Waals surface area (Å²) in [6.45, 7) is 6.60. The van der Waals surface area contributed by atoms with Gasteiger partial charge in [-0.25, -0.2) is 0 Å².